The molecule has 26 heavy (non-hydrogen) atoms. The minimum absolute atomic E-state index is 0.0203. The fourth-order valence-electron chi connectivity index (χ4n) is 3.05. The minimum atomic E-state index is -1.13. The molecule has 0 aliphatic carbocycles. The normalized spacial score (nSPS) is 17.7. The van der Waals surface area contributed by atoms with Gasteiger partial charge in [-0.2, -0.15) is 0 Å². The van der Waals surface area contributed by atoms with Gasteiger partial charge in [-0.1, -0.05) is 60.7 Å². The molecule has 2 aromatic carbocycles. The average Bonchev–Trinajstić information content (AvgIpc) is 2.68. The van der Waals surface area contributed by atoms with Crippen LogP contribution in [-0.2, 0) is 33.6 Å². The molecule has 136 valence electrons. The zero-order chi connectivity index (χ0) is 18.4. The quantitative estimate of drug-likeness (QED) is 0.504. The fraction of sp³-hybridized carbons (Fsp3) is 0.333. The number of carbonyl (C=O) groups excluding carboxylic acids is 2. The second kappa shape index (κ2) is 9.01. The molecule has 3 rings (SSSR count). The molecular weight excluding hydrogens is 346 g/mol. The zero-order valence-corrected chi connectivity index (χ0v) is 15.5. The predicted octanol–water partition coefficient (Wildman–Crippen LogP) is 2.74. The summed E-state index contributed by atoms with van der Waals surface area (Å²) in [6, 6.07) is 19.7. The van der Waals surface area contributed by atoms with E-state index in [4.69, 9.17) is 0 Å². The van der Waals surface area contributed by atoms with Crippen molar-refractivity contribution in [3.05, 3.63) is 71.8 Å². The number of hydrogen-bond donors (Lipinski definition) is 0. The van der Waals surface area contributed by atoms with Crippen molar-refractivity contribution in [3.63, 3.8) is 0 Å². The van der Waals surface area contributed by atoms with Crippen LogP contribution in [0.15, 0.2) is 60.7 Å². The summed E-state index contributed by atoms with van der Waals surface area (Å²) in [5.41, 5.74) is 2.25. The average molecular weight is 369 g/mol. The van der Waals surface area contributed by atoms with Crippen molar-refractivity contribution >= 4 is 22.9 Å². The van der Waals surface area contributed by atoms with Gasteiger partial charge < -0.3 is 4.55 Å². The summed E-state index contributed by atoms with van der Waals surface area (Å²) < 4.78 is 12.5. The van der Waals surface area contributed by atoms with Crippen molar-refractivity contribution in [1.29, 1.82) is 0 Å². The Bertz CT molecular complexity index is 735. The van der Waals surface area contributed by atoms with Crippen LogP contribution in [0.4, 0.5) is 0 Å². The molecule has 0 N–H and O–H groups in total. The molecule has 1 aliphatic heterocycles. The van der Waals surface area contributed by atoms with E-state index in [0.29, 0.717) is 25.0 Å². The van der Waals surface area contributed by atoms with E-state index in [-0.39, 0.29) is 30.0 Å². The Hall–Kier alpha value is -2.11. The van der Waals surface area contributed by atoms with Gasteiger partial charge in [0.05, 0.1) is 13.0 Å². The maximum Gasteiger partial charge on any atom is 0.233 e. The third kappa shape index (κ3) is 4.96. The second-order valence-corrected chi connectivity index (χ2v) is 8.24. The molecule has 2 atom stereocenters. The highest BCUT2D eigenvalue weighted by atomic mass is 32.2. The van der Waals surface area contributed by atoms with Gasteiger partial charge in [0.2, 0.25) is 5.91 Å². The molecule has 0 spiro atoms. The van der Waals surface area contributed by atoms with Crippen molar-refractivity contribution in [2.75, 3.05) is 12.3 Å². The lowest BCUT2D eigenvalue weighted by Crippen LogP contribution is -2.58. The van der Waals surface area contributed by atoms with E-state index in [0.717, 1.165) is 11.1 Å². The summed E-state index contributed by atoms with van der Waals surface area (Å²) in [7, 11) is 0. The first-order chi connectivity index (χ1) is 12.6. The number of benzene rings is 2. The number of rotatable bonds is 9. The van der Waals surface area contributed by atoms with Crippen LogP contribution in [0.3, 0.4) is 0 Å². The smallest absolute Gasteiger partial charge is 0.233 e. The minimum Gasteiger partial charge on any atom is -0.615 e. The van der Waals surface area contributed by atoms with Gasteiger partial charge in [-0.25, -0.2) is 0 Å². The Balaban J connectivity index is 1.45. The molecule has 0 radical (unpaired) electrons. The molecule has 1 amide bonds. The van der Waals surface area contributed by atoms with Crippen LogP contribution in [0, 0.1) is 0 Å². The number of amides is 1. The van der Waals surface area contributed by atoms with Crippen molar-refractivity contribution in [3.8, 4) is 0 Å². The summed E-state index contributed by atoms with van der Waals surface area (Å²) in [6.07, 6.45) is 2.07. The lowest BCUT2D eigenvalue weighted by Gasteiger charge is -2.39. The first-order valence-corrected chi connectivity index (χ1v) is 10.3. The van der Waals surface area contributed by atoms with Crippen LogP contribution in [0.25, 0.3) is 0 Å². The van der Waals surface area contributed by atoms with Crippen LogP contribution < -0.4 is 0 Å². The number of likely N-dealkylation sites (tertiary alicyclic amines) is 1. The Morgan fingerprint density at radius 2 is 1.58 bits per heavy atom. The lowest BCUT2D eigenvalue weighted by molar-refractivity contribution is -0.145. The molecule has 1 fully saturated rings. The molecule has 0 saturated carbocycles. The molecule has 1 heterocycles. The number of carbonyl (C=O) groups is 2. The highest BCUT2D eigenvalue weighted by molar-refractivity contribution is 7.92. The van der Waals surface area contributed by atoms with Gasteiger partial charge >= 0.3 is 0 Å². The van der Waals surface area contributed by atoms with Crippen molar-refractivity contribution in [1.82, 2.24) is 4.90 Å². The third-order valence-electron chi connectivity index (χ3n) is 4.64. The molecule has 2 aromatic rings. The maximum atomic E-state index is 12.5. The van der Waals surface area contributed by atoms with Crippen molar-refractivity contribution in [2.24, 2.45) is 0 Å². The summed E-state index contributed by atoms with van der Waals surface area (Å²) in [4.78, 5) is 25.6. The molecule has 4 nitrogen and oxygen atoms in total. The zero-order valence-electron chi connectivity index (χ0n) is 14.7. The second-order valence-electron chi connectivity index (χ2n) is 6.53. The highest BCUT2D eigenvalue weighted by Crippen LogP contribution is 2.25. The molecule has 0 aromatic heterocycles. The maximum absolute atomic E-state index is 12.5. The van der Waals surface area contributed by atoms with Gasteiger partial charge in [0.1, 0.15) is 5.75 Å². The summed E-state index contributed by atoms with van der Waals surface area (Å²) in [5, 5.41) is -0.313. The topological polar surface area (TPSA) is 60.4 Å². The highest BCUT2D eigenvalue weighted by Gasteiger charge is 2.44. The number of aryl methyl sites for hydroxylation is 2. The molecule has 1 aliphatic rings. The molecule has 1 saturated heterocycles. The van der Waals surface area contributed by atoms with Crippen molar-refractivity contribution < 1.29 is 14.1 Å². The number of hydrogen-bond acceptors (Lipinski definition) is 3. The van der Waals surface area contributed by atoms with Gasteiger partial charge in [0.25, 0.3) is 0 Å². The van der Waals surface area contributed by atoms with Gasteiger partial charge in [0, 0.05) is 12.8 Å². The van der Waals surface area contributed by atoms with Crippen LogP contribution in [-0.4, -0.2) is 38.8 Å². The first-order valence-electron chi connectivity index (χ1n) is 8.89. The summed E-state index contributed by atoms with van der Waals surface area (Å²) in [5.74, 6) is 0.458. The monoisotopic (exact) mass is 369 g/mol. The molecule has 0 bridgehead atoms. The largest absolute Gasteiger partial charge is 0.615 e. The van der Waals surface area contributed by atoms with Gasteiger partial charge in [0.15, 0.2) is 11.2 Å². The molecular formula is C21H23NO3S. The Labute approximate surface area is 157 Å². The van der Waals surface area contributed by atoms with Crippen molar-refractivity contribution in [2.45, 2.75) is 31.1 Å². The van der Waals surface area contributed by atoms with E-state index in [2.05, 4.69) is 0 Å². The van der Waals surface area contributed by atoms with E-state index in [1.54, 1.807) is 0 Å². The number of Topliss-reactive ketones (excluding diaryl/α,β-unsaturated/α-hetero) is 1. The van der Waals surface area contributed by atoms with Crippen LogP contribution in [0.5, 0.6) is 0 Å². The SMILES string of the molecule is O=C(CCc1ccccc1)CN1C(=O)CC1[S+]([O-])CCc1ccccc1. The van der Waals surface area contributed by atoms with E-state index in [1.807, 2.05) is 60.7 Å². The number of nitrogens with zero attached hydrogens (tertiary/aromatic N) is 1. The van der Waals surface area contributed by atoms with Crippen LogP contribution in [0.2, 0.25) is 0 Å². The Kier molecular flexibility index (Phi) is 6.47. The van der Waals surface area contributed by atoms with Crippen LogP contribution >= 0.6 is 0 Å². The van der Waals surface area contributed by atoms with Gasteiger partial charge in [-0.05, 0) is 28.7 Å². The number of β-lactam (4-membered cyclic amide) rings is 1. The summed E-state index contributed by atoms with van der Waals surface area (Å²) >= 11 is -1.13. The van der Waals surface area contributed by atoms with E-state index < -0.39 is 11.2 Å². The van der Waals surface area contributed by atoms with E-state index >= 15 is 0 Å². The van der Waals surface area contributed by atoms with E-state index in [9.17, 15) is 14.1 Å². The lowest BCUT2D eigenvalue weighted by atomic mass is 10.1. The third-order valence-corrected chi connectivity index (χ3v) is 6.27. The Morgan fingerprint density at radius 3 is 2.15 bits per heavy atom. The van der Waals surface area contributed by atoms with Gasteiger partial charge in [-0.3, -0.25) is 14.5 Å². The standard InChI is InChI=1S/C21H23NO3S/c23-19(12-11-17-7-3-1-4-8-17)16-22-20(24)15-21(22)26(25)14-13-18-9-5-2-6-10-18/h1-10,21H,11-16H2. The molecule has 2 unspecified atom stereocenters. The number of ketones is 1. The predicted molar refractivity (Wildman–Crippen MR) is 103 cm³/mol. The Morgan fingerprint density at radius 1 is 1.00 bits per heavy atom. The van der Waals surface area contributed by atoms with Gasteiger partial charge in [-0.15, -0.1) is 0 Å². The summed E-state index contributed by atoms with van der Waals surface area (Å²) in [6.45, 7) is 0.0768. The van der Waals surface area contributed by atoms with E-state index in [1.165, 1.54) is 4.90 Å². The van der Waals surface area contributed by atoms with Crippen LogP contribution in [0.1, 0.15) is 24.0 Å². The first kappa shape index (κ1) is 18.7. The molecule has 5 heteroatoms. The fourth-order valence-corrected chi connectivity index (χ4v) is 4.56.